The van der Waals surface area contributed by atoms with Gasteiger partial charge in [0.15, 0.2) is 0 Å². The van der Waals surface area contributed by atoms with Gasteiger partial charge in [0.1, 0.15) is 5.78 Å². The van der Waals surface area contributed by atoms with Crippen molar-refractivity contribution in [3.05, 3.63) is 12.2 Å². The zero-order valence-corrected chi connectivity index (χ0v) is 7.08. The highest BCUT2D eigenvalue weighted by molar-refractivity contribution is 5.88. The fraction of sp³-hybridized carbons (Fsp3) is 0.556. The quantitative estimate of drug-likeness (QED) is 0.458. The van der Waals surface area contributed by atoms with Crippen molar-refractivity contribution in [2.24, 2.45) is 5.92 Å². The molecule has 0 N–H and O–H groups in total. The van der Waals surface area contributed by atoms with Crippen molar-refractivity contribution in [3.8, 4) is 0 Å². The van der Waals surface area contributed by atoms with Crippen molar-refractivity contribution in [3.63, 3.8) is 0 Å². The smallest absolute Gasteiger partial charge is 0.313 e. The van der Waals surface area contributed by atoms with Crippen molar-refractivity contribution in [2.75, 3.05) is 6.61 Å². The van der Waals surface area contributed by atoms with Crippen molar-refractivity contribution in [1.29, 1.82) is 0 Å². The first kappa shape index (κ1) is 8.97. The van der Waals surface area contributed by atoms with Crippen LogP contribution >= 0.6 is 0 Å². The zero-order chi connectivity index (χ0) is 8.97. The first-order valence-electron chi connectivity index (χ1n) is 4.09. The monoisotopic (exact) mass is 168 g/mol. The summed E-state index contributed by atoms with van der Waals surface area (Å²) >= 11 is 0. The molecule has 66 valence electrons. The molecule has 1 aliphatic carbocycles. The van der Waals surface area contributed by atoms with Gasteiger partial charge in [0.25, 0.3) is 0 Å². The summed E-state index contributed by atoms with van der Waals surface area (Å²) in [5.74, 6) is -0.524. The number of hydrogen-bond donors (Lipinski definition) is 0. The van der Waals surface area contributed by atoms with E-state index < -0.39 is 0 Å². The second-order valence-corrected chi connectivity index (χ2v) is 2.73. The average Bonchev–Trinajstić information content (AvgIpc) is 2.05. The molecular formula is C9H12O3. The molecule has 12 heavy (non-hydrogen) atoms. The van der Waals surface area contributed by atoms with Crippen molar-refractivity contribution >= 4 is 11.8 Å². The number of esters is 1. The van der Waals surface area contributed by atoms with Crippen LogP contribution in [0.15, 0.2) is 12.2 Å². The molecule has 3 nitrogen and oxygen atoms in total. The van der Waals surface area contributed by atoms with Crippen LogP contribution in [0.4, 0.5) is 0 Å². The summed E-state index contributed by atoms with van der Waals surface area (Å²) < 4.78 is 4.79. The van der Waals surface area contributed by atoms with Gasteiger partial charge in [-0.15, -0.1) is 0 Å². The summed E-state index contributed by atoms with van der Waals surface area (Å²) in [6.07, 6.45) is 4.23. The van der Waals surface area contributed by atoms with E-state index in [1.807, 2.05) is 0 Å². The Morgan fingerprint density at radius 3 is 3.08 bits per heavy atom. The predicted octanol–water partition coefficient (Wildman–Crippen LogP) is 1.08. The minimum absolute atomic E-state index is 0.107. The Balaban J connectivity index is 2.51. The number of rotatable bonds is 2. The van der Waals surface area contributed by atoms with Gasteiger partial charge in [-0.3, -0.25) is 9.59 Å². The molecule has 0 aliphatic heterocycles. The first-order valence-corrected chi connectivity index (χ1v) is 4.09. The molecule has 1 unspecified atom stereocenters. The molecule has 0 aromatic heterocycles. The van der Waals surface area contributed by atoms with Crippen molar-refractivity contribution in [2.45, 2.75) is 19.8 Å². The molecule has 1 atom stereocenters. The molecule has 0 fully saturated rings. The number of hydrogen-bond acceptors (Lipinski definition) is 3. The van der Waals surface area contributed by atoms with Crippen LogP contribution in [0, 0.1) is 5.92 Å². The fourth-order valence-electron chi connectivity index (χ4n) is 1.17. The van der Waals surface area contributed by atoms with Gasteiger partial charge in [-0.05, 0) is 6.92 Å². The number of ketones is 1. The van der Waals surface area contributed by atoms with Crippen LogP contribution in [0.3, 0.4) is 0 Å². The van der Waals surface area contributed by atoms with Gasteiger partial charge in [0.2, 0.25) is 0 Å². The van der Waals surface area contributed by atoms with Crippen LogP contribution < -0.4 is 0 Å². The van der Waals surface area contributed by atoms with E-state index in [9.17, 15) is 9.59 Å². The Labute approximate surface area is 71.4 Å². The molecule has 0 amide bonds. The normalized spacial score (nSPS) is 22.4. The van der Waals surface area contributed by atoms with Crippen molar-refractivity contribution in [1.82, 2.24) is 0 Å². The summed E-state index contributed by atoms with van der Waals surface area (Å²) in [5, 5.41) is 0. The largest absolute Gasteiger partial charge is 0.466 e. The molecule has 3 heteroatoms. The maximum atomic E-state index is 11.1. The van der Waals surface area contributed by atoms with Crippen LogP contribution in [0.5, 0.6) is 0 Å². The predicted molar refractivity (Wildman–Crippen MR) is 43.5 cm³/mol. The molecule has 0 aromatic rings. The van der Waals surface area contributed by atoms with Gasteiger partial charge < -0.3 is 4.74 Å². The summed E-state index contributed by atoms with van der Waals surface area (Å²) in [5.41, 5.74) is 0. The standard InChI is InChI=1S/C9H12O3/c1-2-12-9(11)7-4-3-5-8(10)6-7/h3-4,7H,2,5-6H2,1H3. The van der Waals surface area contributed by atoms with Crippen molar-refractivity contribution < 1.29 is 14.3 Å². The number of ether oxygens (including phenoxy) is 1. The van der Waals surface area contributed by atoms with E-state index in [2.05, 4.69) is 0 Å². The summed E-state index contributed by atoms with van der Waals surface area (Å²) in [6, 6.07) is 0. The summed E-state index contributed by atoms with van der Waals surface area (Å²) in [6.45, 7) is 2.13. The van der Waals surface area contributed by atoms with E-state index >= 15 is 0 Å². The first-order chi connectivity index (χ1) is 5.74. The van der Waals surface area contributed by atoms with Gasteiger partial charge in [-0.25, -0.2) is 0 Å². The average molecular weight is 168 g/mol. The minimum Gasteiger partial charge on any atom is -0.466 e. The highest BCUT2D eigenvalue weighted by Gasteiger charge is 2.22. The maximum absolute atomic E-state index is 11.1. The van der Waals surface area contributed by atoms with Gasteiger partial charge in [0, 0.05) is 12.8 Å². The van der Waals surface area contributed by atoms with Crippen LogP contribution in [0.1, 0.15) is 19.8 Å². The third kappa shape index (κ3) is 2.19. The van der Waals surface area contributed by atoms with E-state index in [1.54, 1.807) is 19.1 Å². The molecular weight excluding hydrogens is 156 g/mol. The highest BCUT2D eigenvalue weighted by Crippen LogP contribution is 2.15. The van der Waals surface area contributed by atoms with E-state index in [0.717, 1.165) is 0 Å². The van der Waals surface area contributed by atoms with Gasteiger partial charge in [-0.1, -0.05) is 12.2 Å². The lowest BCUT2D eigenvalue weighted by atomic mass is 9.95. The molecule has 1 rings (SSSR count). The Hall–Kier alpha value is -1.12. The molecule has 1 aliphatic rings. The van der Waals surface area contributed by atoms with E-state index in [0.29, 0.717) is 19.4 Å². The van der Waals surface area contributed by atoms with E-state index in [4.69, 9.17) is 4.74 Å². The third-order valence-electron chi connectivity index (χ3n) is 1.75. The number of Topliss-reactive ketones (excluding diaryl/α,β-unsaturated/α-hetero) is 1. The van der Waals surface area contributed by atoms with Crippen LogP contribution in [0.25, 0.3) is 0 Å². The number of carbonyl (C=O) groups is 2. The fourth-order valence-corrected chi connectivity index (χ4v) is 1.17. The molecule has 0 aromatic carbocycles. The van der Waals surface area contributed by atoms with E-state index in [1.165, 1.54) is 0 Å². The van der Waals surface area contributed by atoms with Gasteiger partial charge in [0.05, 0.1) is 12.5 Å². The topological polar surface area (TPSA) is 43.4 Å². The summed E-state index contributed by atoms with van der Waals surface area (Å²) in [7, 11) is 0. The Bertz CT molecular complexity index is 218. The molecule has 0 heterocycles. The second-order valence-electron chi connectivity index (χ2n) is 2.73. The number of carbonyl (C=O) groups excluding carboxylic acids is 2. The lowest BCUT2D eigenvalue weighted by Crippen LogP contribution is -2.21. The molecule has 0 saturated heterocycles. The molecule has 0 spiro atoms. The van der Waals surface area contributed by atoms with E-state index in [-0.39, 0.29) is 17.7 Å². The number of allylic oxidation sites excluding steroid dienone is 1. The SMILES string of the molecule is CCOC(=O)C1C=CCC(=O)C1. The second kappa shape index (κ2) is 4.04. The zero-order valence-electron chi connectivity index (χ0n) is 7.08. The van der Waals surface area contributed by atoms with Gasteiger partial charge >= 0.3 is 5.97 Å². The Morgan fingerprint density at radius 1 is 1.75 bits per heavy atom. The summed E-state index contributed by atoms with van der Waals surface area (Å²) in [4.78, 5) is 22.0. The van der Waals surface area contributed by atoms with Crippen LogP contribution in [-0.4, -0.2) is 18.4 Å². The van der Waals surface area contributed by atoms with Crippen LogP contribution in [-0.2, 0) is 14.3 Å². The Kier molecular flexibility index (Phi) is 3.02. The Morgan fingerprint density at radius 2 is 2.50 bits per heavy atom. The van der Waals surface area contributed by atoms with Crippen LogP contribution in [0.2, 0.25) is 0 Å². The molecule has 0 saturated carbocycles. The molecule has 0 bridgehead atoms. The maximum Gasteiger partial charge on any atom is 0.313 e. The van der Waals surface area contributed by atoms with Gasteiger partial charge in [-0.2, -0.15) is 0 Å². The highest BCUT2D eigenvalue weighted by atomic mass is 16.5. The third-order valence-corrected chi connectivity index (χ3v) is 1.75. The molecule has 0 radical (unpaired) electrons. The lowest BCUT2D eigenvalue weighted by molar-refractivity contribution is -0.147. The minimum atomic E-state index is -0.341. The lowest BCUT2D eigenvalue weighted by Gasteiger charge is -2.13.